The minimum Gasteiger partial charge on any atom is -0.494 e. The molecule has 0 saturated heterocycles. The normalized spacial score (nSPS) is 16.2. The zero-order valence-electron chi connectivity index (χ0n) is 14.4. The Labute approximate surface area is 151 Å². The maximum Gasteiger partial charge on any atom is 0.256 e. The molecule has 0 radical (unpaired) electrons. The number of fused-ring (bicyclic) bond motifs is 1. The van der Waals surface area contributed by atoms with Crippen molar-refractivity contribution in [2.24, 2.45) is 11.7 Å². The first-order valence-corrected chi connectivity index (χ1v) is 9.29. The van der Waals surface area contributed by atoms with Gasteiger partial charge in [0.05, 0.1) is 12.2 Å². The molecule has 1 aromatic heterocycles. The van der Waals surface area contributed by atoms with Crippen molar-refractivity contribution < 1.29 is 14.3 Å². The topological polar surface area (TPSA) is 81.4 Å². The molecule has 1 heterocycles. The minimum absolute atomic E-state index is 0.268. The highest BCUT2D eigenvalue weighted by atomic mass is 32.1. The Morgan fingerprint density at radius 1 is 1.40 bits per heavy atom. The van der Waals surface area contributed by atoms with Gasteiger partial charge >= 0.3 is 0 Å². The lowest BCUT2D eigenvalue weighted by Crippen LogP contribution is -2.19. The van der Waals surface area contributed by atoms with Crippen LogP contribution in [0.1, 0.15) is 51.4 Å². The maximum absolute atomic E-state index is 12.6. The lowest BCUT2D eigenvalue weighted by Gasteiger charge is -2.18. The van der Waals surface area contributed by atoms with E-state index in [-0.39, 0.29) is 5.91 Å². The predicted molar refractivity (Wildman–Crippen MR) is 99.6 cm³/mol. The molecule has 3 rings (SSSR count). The molecule has 6 heteroatoms. The number of carbonyl (C=O) groups is 2. The number of carbonyl (C=O) groups excluding carboxylic acids is 2. The summed E-state index contributed by atoms with van der Waals surface area (Å²) in [6.07, 6.45) is 2.80. The third-order valence-corrected chi connectivity index (χ3v) is 5.56. The molecule has 0 saturated carbocycles. The van der Waals surface area contributed by atoms with E-state index in [1.165, 1.54) is 11.3 Å². The number of nitrogens with two attached hydrogens (primary N) is 1. The van der Waals surface area contributed by atoms with Crippen molar-refractivity contribution in [2.45, 2.75) is 33.1 Å². The third kappa shape index (κ3) is 3.69. The van der Waals surface area contributed by atoms with Gasteiger partial charge in [-0.2, -0.15) is 0 Å². The number of benzene rings is 1. The van der Waals surface area contributed by atoms with E-state index < -0.39 is 5.91 Å². The highest BCUT2D eigenvalue weighted by Crippen LogP contribution is 2.39. The standard InChI is InChI=1S/C19H22N2O3S/c1-3-24-13-6-4-5-12(10-13)18(23)21-19-16(17(20)22)14-8-7-11(2)9-15(14)25-19/h4-6,10-11H,3,7-9H2,1-2H3,(H2,20,22)(H,21,23)/t11-/m1/s1. The van der Waals surface area contributed by atoms with Crippen molar-refractivity contribution in [3.05, 3.63) is 45.8 Å². The summed E-state index contributed by atoms with van der Waals surface area (Å²) in [5, 5.41) is 3.43. The Kier molecular flexibility index (Phi) is 5.08. The Morgan fingerprint density at radius 3 is 2.92 bits per heavy atom. The number of primary amides is 1. The van der Waals surface area contributed by atoms with Gasteiger partial charge in [-0.15, -0.1) is 11.3 Å². The molecule has 3 N–H and O–H groups in total. The highest BCUT2D eigenvalue weighted by Gasteiger charge is 2.27. The van der Waals surface area contributed by atoms with Gasteiger partial charge in [0.25, 0.3) is 11.8 Å². The summed E-state index contributed by atoms with van der Waals surface area (Å²) in [6, 6.07) is 6.99. The van der Waals surface area contributed by atoms with Crippen LogP contribution in [-0.2, 0) is 12.8 Å². The van der Waals surface area contributed by atoms with E-state index in [2.05, 4.69) is 12.2 Å². The fourth-order valence-electron chi connectivity index (χ4n) is 3.17. The van der Waals surface area contributed by atoms with Crippen molar-refractivity contribution in [1.82, 2.24) is 0 Å². The van der Waals surface area contributed by atoms with Crippen LogP contribution in [0.4, 0.5) is 5.00 Å². The first-order chi connectivity index (χ1) is 12.0. The predicted octanol–water partition coefficient (Wildman–Crippen LogP) is 3.62. The van der Waals surface area contributed by atoms with Gasteiger partial charge in [0, 0.05) is 10.4 Å². The van der Waals surface area contributed by atoms with Crippen molar-refractivity contribution in [1.29, 1.82) is 0 Å². The number of thiophene rings is 1. The van der Waals surface area contributed by atoms with Crippen molar-refractivity contribution in [3.63, 3.8) is 0 Å². The van der Waals surface area contributed by atoms with Crippen LogP contribution >= 0.6 is 11.3 Å². The van der Waals surface area contributed by atoms with Gasteiger partial charge in [-0.1, -0.05) is 13.0 Å². The number of nitrogens with one attached hydrogen (secondary N) is 1. The molecule has 2 amide bonds. The van der Waals surface area contributed by atoms with Crippen LogP contribution in [0.15, 0.2) is 24.3 Å². The molecule has 1 atom stereocenters. The Hall–Kier alpha value is -2.34. The largest absolute Gasteiger partial charge is 0.494 e. The van der Waals surface area contributed by atoms with Crippen LogP contribution in [0.2, 0.25) is 0 Å². The SMILES string of the molecule is CCOc1cccc(C(=O)Nc2sc3c(c2C(N)=O)CC[C@@H](C)C3)c1. The molecule has 0 fully saturated rings. The number of amides is 2. The van der Waals surface area contributed by atoms with Crippen LogP contribution in [-0.4, -0.2) is 18.4 Å². The molecular formula is C19H22N2O3S. The van der Waals surface area contributed by atoms with Crippen LogP contribution in [0.3, 0.4) is 0 Å². The van der Waals surface area contributed by atoms with Gasteiger partial charge in [-0.25, -0.2) is 0 Å². The molecule has 0 aliphatic heterocycles. The van der Waals surface area contributed by atoms with E-state index in [1.807, 2.05) is 6.92 Å². The van der Waals surface area contributed by atoms with Crippen LogP contribution in [0.5, 0.6) is 5.75 Å². The fraction of sp³-hybridized carbons (Fsp3) is 0.368. The molecule has 0 unspecified atom stereocenters. The van der Waals surface area contributed by atoms with E-state index in [0.29, 0.717) is 34.4 Å². The van der Waals surface area contributed by atoms with Gasteiger partial charge in [0.15, 0.2) is 0 Å². The van der Waals surface area contributed by atoms with Crippen molar-refractivity contribution in [3.8, 4) is 5.75 Å². The Morgan fingerprint density at radius 2 is 2.20 bits per heavy atom. The molecule has 5 nitrogen and oxygen atoms in total. The molecule has 1 aliphatic rings. The molecule has 0 bridgehead atoms. The zero-order valence-corrected chi connectivity index (χ0v) is 15.2. The summed E-state index contributed by atoms with van der Waals surface area (Å²) in [6.45, 7) is 4.62. The van der Waals surface area contributed by atoms with E-state index >= 15 is 0 Å². The van der Waals surface area contributed by atoms with E-state index in [9.17, 15) is 9.59 Å². The van der Waals surface area contributed by atoms with E-state index in [4.69, 9.17) is 10.5 Å². The molecule has 132 valence electrons. The van der Waals surface area contributed by atoms with Crippen molar-refractivity contribution >= 4 is 28.2 Å². The summed E-state index contributed by atoms with van der Waals surface area (Å²) < 4.78 is 5.44. The van der Waals surface area contributed by atoms with Gasteiger partial charge in [-0.05, 0) is 55.9 Å². The van der Waals surface area contributed by atoms with Gasteiger partial charge in [0.1, 0.15) is 10.8 Å². The lowest BCUT2D eigenvalue weighted by molar-refractivity contribution is 0.1000. The Balaban J connectivity index is 1.88. The average Bonchev–Trinajstić information content (AvgIpc) is 2.92. The number of anilines is 1. The monoisotopic (exact) mass is 358 g/mol. The minimum atomic E-state index is -0.481. The third-order valence-electron chi connectivity index (χ3n) is 4.39. The van der Waals surface area contributed by atoms with Gasteiger partial charge < -0.3 is 15.8 Å². The summed E-state index contributed by atoms with van der Waals surface area (Å²) in [5.41, 5.74) is 7.56. The number of hydrogen-bond donors (Lipinski definition) is 2. The summed E-state index contributed by atoms with van der Waals surface area (Å²) in [4.78, 5) is 25.7. The summed E-state index contributed by atoms with van der Waals surface area (Å²) >= 11 is 1.47. The zero-order chi connectivity index (χ0) is 18.0. The number of rotatable bonds is 5. The fourth-order valence-corrected chi connectivity index (χ4v) is 4.58. The maximum atomic E-state index is 12.6. The molecule has 0 spiro atoms. The molecule has 2 aromatic rings. The smallest absolute Gasteiger partial charge is 0.256 e. The average molecular weight is 358 g/mol. The van der Waals surface area contributed by atoms with Gasteiger partial charge in [0.2, 0.25) is 0 Å². The van der Waals surface area contributed by atoms with E-state index in [0.717, 1.165) is 29.7 Å². The Bertz CT molecular complexity index is 813. The molecule has 1 aromatic carbocycles. The first-order valence-electron chi connectivity index (χ1n) is 8.48. The van der Waals surface area contributed by atoms with Crippen LogP contribution < -0.4 is 15.8 Å². The second-order valence-corrected chi connectivity index (χ2v) is 7.44. The lowest BCUT2D eigenvalue weighted by atomic mass is 9.88. The number of hydrogen-bond acceptors (Lipinski definition) is 4. The highest BCUT2D eigenvalue weighted by molar-refractivity contribution is 7.17. The second-order valence-electron chi connectivity index (χ2n) is 6.34. The molecular weight excluding hydrogens is 336 g/mol. The molecule has 25 heavy (non-hydrogen) atoms. The summed E-state index contributed by atoms with van der Waals surface area (Å²) in [5.74, 6) is 0.476. The van der Waals surface area contributed by atoms with Gasteiger partial charge in [-0.3, -0.25) is 9.59 Å². The quantitative estimate of drug-likeness (QED) is 0.856. The van der Waals surface area contributed by atoms with Crippen molar-refractivity contribution in [2.75, 3.05) is 11.9 Å². The first kappa shape index (κ1) is 17.5. The van der Waals surface area contributed by atoms with E-state index in [1.54, 1.807) is 24.3 Å². The summed E-state index contributed by atoms with van der Waals surface area (Å²) in [7, 11) is 0. The van der Waals surface area contributed by atoms with Crippen LogP contribution in [0, 0.1) is 5.92 Å². The second kappa shape index (κ2) is 7.27. The van der Waals surface area contributed by atoms with Crippen LogP contribution in [0.25, 0.3) is 0 Å². The number of ether oxygens (including phenoxy) is 1. The molecule has 1 aliphatic carbocycles.